The van der Waals surface area contributed by atoms with Crippen LogP contribution in [0.15, 0.2) is 159 Å². The molecule has 9 nitrogen and oxygen atoms in total. The predicted molar refractivity (Wildman–Crippen MR) is 255 cm³/mol. The van der Waals surface area contributed by atoms with E-state index in [1.54, 1.807) is 0 Å². The first-order chi connectivity index (χ1) is 31.9. The van der Waals surface area contributed by atoms with Gasteiger partial charge in [-0.2, -0.15) is 0 Å². The molecule has 9 heteroatoms. The molecule has 3 aliphatic rings. The van der Waals surface area contributed by atoms with Crippen LogP contribution in [0.3, 0.4) is 0 Å². The molecule has 7 aromatic carbocycles. The van der Waals surface area contributed by atoms with Gasteiger partial charge in [-0.3, -0.25) is 0 Å². The normalized spacial score (nSPS) is 15.8. The monoisotopic (exact) mass is 844 g/mol. The highest BCUT2D eigenvalue weighted by Gasteiger charge is 2.53. The zero-order chi connectivity index (χ0) is 43.4. The molecule has 1 spiro atoms. The SMILES string of the molecule is C=C(Cc1ccccc1C)c1cc2c3c(c(-c4nc5c(o4)CCC=C5)ccc3c1)[C@]1(C2)c2c(-c3nnc(-c4ccccc4)o3)ccc3cc(-c4nnc(-c5ccccc5)o4)cc(c23)N1C. The summed E-state index contributed by atoms with van der Waals surface area (Å²) in [6.45, 7) is 6.85. The highest BCUT2D eigenvalue weighted by molar-refractivity contribution is 6.11. The third-order valence-corrected chi connectivity index (χ3v) is 13.7. The van der Waals surface area contributed by atoms with Crippen molar-refractivity contribution in [1.82, 2.24) is 25.4 Å². The maximum absolute atomic E-state index is 6.75. The average molecular weight is 845 g/mol. The number of allylic oxidation sites excluding steroid dienone is 2. The molecule has 0 unspecified atom stereocenters. The fraction of sp³-hybridized carbons (Fsp3) is 0.125. The van der Waals surface area contributed by atoms with Gasteiger partial charge in [-0.25, -0.2) is 4.98 Å². The summed E-state index contributed by atoms with van der Waals surface area (Å²) in [5.41, 5.74) is 13.6. The van der Waals surface area contributed by atoms with Gasteiger partial charge in [0.15, 0.2) is 0 Å². The van der Waals surface area contributed by atoms with Gasteiger partial charge in [-0.15, -0.1) is 20.4 Å². The second-order valence-corrected chi connectivity index (χ2v) is 17.4. The first-order valence-electron chi connectivity index (χ1n) is 22.0. The minimum atomic E-state index is -0.779. The van der Waals surface area contributed by atoms with E-state index in [0.29, 0.717) is 35.9 Å². The zero-order valence-electron chi connectivity index (χ0n) is 35.8. The molecule has 0 radical (unpaired) electrons. The van der Waals surface area contributed by atoms with Gasteiger partial charge in [0, 0.05) is 69.9 Å². The van der Waals surface area contributed by atoms with Crippen molar-refractivity contribution in [2.45, 2.75) is 38.1 Å². The van der Waals surface area contributed by atoms with Crippen molar-refractivity contribution >= 4 is 38.9 Å². The average Bonchev–Trinajstić information content (AvgIpc) is 4.20. The van der Waals surface area contributed by atoms with E-state index in [4.69, 9.17) is 23.3 Å². The third-order valence-electron chi connectivity index (χ3n) is 13.7. The summed E-state index contributed by atoms with van der Waals surface area (Å²) in [5, 5.41) is 22.9. The molecule has 0 bridgehead atoms. The second-order valence-electron chi connectivity index (χ2n) is 17.4. The van der Waals surface area contributed by atoms with E-state index >= 15 is 0 Å². The Morgan fingerprint density at radius 2 is 1.28 bits per heavy atom. The molecule has 1 aliphatic heterocycles. The van der Waals surface area contributed by atoms with Crippen LogP contribution in [0.2, 0.25) is 0 Å². The molecule has 0 N–H and O–H groups in total. The molecular weight excluding hydrogens is 805 g/mol. The van der Waals surface area contributed by atoms with Gasteiger partial charge in [0.05, 0.1) is 5.54 Å². The highest BCUT2D eigenvalue weighted by Crippen LogP contribution is 2.62. The number of aromatic nitrogens is 5. The highest BCUT2D eigenvalue weighted by atomic mass is 16.4. The number of hydrogen-bond donors (Lipinski definition) is 0. The third kappa shape index (κ3) is 5.68. The molecule has 2 aliphatic carbocycles. The van der Waals surface area contributed by atoms with Gasteiger partial charge in [0.2, 0.25) is 29.5 Å². The number of fused-ring (bicyclic) bond motifs is 3. The number of anilines is 1. The van der Waals surface area contributed by atoms with E-state index in [2.05, 4.69) is 126 Å². The second kappa shape index (κ2) is 14.2. The van der Waals surface area contributed by atoms with Gasteiger partial charge in [-0.1, -0.05) is 91.5 Å². The van der Waals surface area contributed by atoms with Crippen LogP contribution in [-0.2, 0) is 24.8 Å². The van der Waals surface area contributed by atoms with E-state index in [9.17, 15) is 0 Å². The number of benzene rings is 7. The molecule has 13 rings (SSSR count). The number of rotatable bonds is 8. The van der Waals surface area contributed by atoms with Crippen molar-refractivity contribution in [3.05, 3.63) is 191 Å². The van der Waals surface area contributed by atoms with E-state index in [0.717, 1.165) is 103 Å². The quantitative estimate of drug-likeness (QED) is 0.148. The van der Waals surface area contributed by atoms with Crippen LogP contribution in [0.25, 0.3) is 90.5 Å². The van der Waals surface area contributed by atoms with Crippen LogP contribution in [0, 0.1) is 6.92 Å². The van der Waals surface area contributed by atoms with Gasteiger partial charge in [0.1, 0.15) is 11.5 Å². The molecule has 1 atom stereocenters. The summed E-state index contributed by atoms with van der Waals surface area (Å²) in [7, 11) is 2.20. The largest absolute Gasteiger partial charge is 0.441 e. The number of nitrogens with zero attached hydrogens (tertiary/aromatic N) is 6. The fourth-order valence-electron chi connectivity index (χ4n) is 10.6. The molecule has 0 amide bonds. The predicted octanol–water partition coefficient (Wildman–Crippen LogP) is 12.9. The standard InChI is InChI=1S/C56H40N6O3/c1-32-14-10-11-19-36(32)26-33(2)39-27-37-22-24-42(54-57-44-20-12-13-21-46(44)63-54)49-47(37)41(29-39)31-56(49)50-43(55-61-59-52(65-55)35-17-8-5-9-18-35)25-23-38-28-40(30-45(48(38)50)62(56)3)53-60-58-51(64-53)34-15-6-4-7-16-34/h4-12,14-20,22-25,27-30H,2,13,21,26,31H2,1,3H3/t56-/m1/s1. The lowest BCUT2D eigenvalue weighted by Crippen LogP contribution is -2.42. The smallest absolute Gasteiger partial charge is 0.248 e. The van der Waals surface area contributed by atoms with E-state index in [1.807, 2.05) is 60.7 Å². The Hall–Kier alpha value is -8.17. The topological polar surface area (TPSA) is 107 Å². The Kier molecular flexibility index (Phi) is 8.15. The van der Waals surface area contributed by atoms with Crippen molar-refractivity contribution in [3.8, 4) is 57.3 Å². The molecule has 312 valence electrons. The van der Waals surface area contributed by atoms with Crippen LogP contribution in [0.1, 0.15) is 51.3 Å². The van der Waals surface area contributed by atoms with Crippen LogP contribution >= 0.6 is 0 Å². The van der Waals surface area contributed by atoms with E-state index < -0.39 is 5.54 Å². The molecule has 0 saturated heterocycles. The summed E-state index contributed by atoms with van der Waals surface area (Å²) in [5.74, 6) is 3.34. The Morgan fingerprint density at radius 1 is 0.646 bits per heavy atom. The summed E-state index contributed by atoms with van der Waals surface area (Å²) >= 11 is 0. The minimum Gasteiger partial charge on any atom is -0.441 e. The summed E-state index contributed by atoms with van der Waals surface area (Å²) in [6.07, 6.45) is 7.38. The molecule has 0 saturated carbocycles. The van der Waals surface area contributed by atoms with Gasteiger partial charge in [0.25, 0.3) is 0 Å². The Labute approximate surface area is 374 Å². The lowest BCUT2D eigenvalue weighted by atomic mass is 9.78. The van der Waals surface area contributed by atoms with Crippen LogP contribution < -0.4 is 4.90 Å². The molecule has 10 aromatic rings. The van der Waals surface area contributed by atoms with E-state index in [-0.39, 0.29) is 0 Å². The first-order valence-corrected chi connectivity index (χ1v) is 22.0. The molecule has 4 heterocycles. The van der Waals surface area contributed by atoms with E-state index in [1.165, 1.54) is 22.1 Å². The molecule has 65 heavy (non-hydrogen) atoms. The van der Waals surface area contributed by atoms with Crippen molar-refractivity contribution < 1.29 is 13.3 Å². The minimum absolute atomic E-state index is 0.444. The van der Waals surface area contributed by atoms with Crippen molar-refractivity contribution in [2.24, 2.45) is 0 Å². The molecule has 3 aromatic heterocycles. The van der Waals surface area contributed by atoms with Gasteiger partial charge >= 0.3 is 0 Å². The van der Waals surface area contributed by atoms with Crippen LogP contribution in [0.4, 0.5) is 5.69 Å². The maximum Gasteiger partial charge on any atom is 0.248 e. The maximum atomic E-state index is 6.75. The number of hydrogen-bond acceptors (Lipinski definition) is 9. The number of likely N-dealkylation sites (N-methyl/N-ethyl adjacent to an activating group) is 1. The van der Waals surface area contributed by atoms with Gasteiger partial charge < -0.3 is 18.2 Å². The van der Waals surface area contributed by atoms with Crippen molar-refractivity contribution in [1.29, 1.82) is 0 Å². The first kappa shape index (κ1) is 37.4. The van der Waals surface area contributed by atoms with Crippen LogP contribution in [-0.4, -0.2) is 32.4 Å². The van der Waals surface area contributed by atoms with Crippen molar-refractivity contribution in [2.75, 3.05) is 11.9 Å². The number of aryl methyl sites for hydroxylation is 2. The van der Waals surface area contributed by atoms with Crippen molar-refractivity contribution in [3.63, 3.8) is 0 Å². The lowest BCUT2D eigenvalue weighted by Gasteiger charge is -2.38. The number of oxazole rings is 1. The Bertz CT molecular complexity index is 3620. The summed E-state index contributed by atoms with van der Waals surface area (Å²) in [4.78, 5) is 7.62. The van der Waals surface area contributed by atoms with Crippen LogP contribution in [0.5, 0.6) is 0 Å². The molecule has 0 fully saturated rings. The zero-order valence-corrected chi connectivity index (χ0v) is 35.8. The lowest BCUT2D eigenvalue weighted by molar-refractivity contribution is 0.508. The molecular formula is C56H40N6O3. The Morgan fingerprint density at radius 3 is 2.00 bits per heavy atom. The fourth-order valence-corrected chi connectivity index (χ4v) is 10.6. The Balaban J connectivity index is 1.06. The summed E-state index contributed by atoms with van der Waals surface area (Å²) < 4.78 is 19.8. The van der Waals surface area contributed by atoms with Gasteiger partial charge in [-0.05, 0) is 124 Å². The summed E-state index contributed by atoms with van der Waals surface area (Å²) in [6, 6.07) is 46.0.